The van der Waals surface area contributed by atoms with Crippen molar-refractivity contribution in [2.45, 2.75) is 103 Å². The van der Waals surface area contributed by atoms with Crippen LogP contribution in [0.25, 0.3) is 0 Å². The molecule has 0 heterocycles. The highest BCUT2D eigenvalue weighted by atomic mass is 19.1. The van der Waals surface area contributed by atoms with E-state index in [9.17, 15) is 18.8 Å². The molecule has 2 amide bonds. The Labute approximate surface area is 169 Å². The van der Waals surface area contributed by atoms with E-state index in [1.54, 1.807) is 6.92 Å². The van der Waals surface area contributed by atoms with Gasteiger partial charge in [0.1, 0.15) is 5.78 Å². The lowest BCUT2D eigenvalue weighted by Crippen LogP contribution is -2.42. The number of halogens is 1. The van der Waals surface area contributed by atoms with Crippen molar-refractivity contribution in [3.05, 3.63) is 0 Å². The van der Waals surface area contributed by atoms with Gasteiger partial charge in [0, 0.05) is 25.6 Å². The summed E-state index contributed by atoms with van der Waals surface area (Å²) in [6, 6.07) is 0.268. The van der Waals surface area contributed by atoms with Gasteiger partial charge in [0.25, 0.3) is 0 Å². The Kier molecular flexibility index (Phi) is 16.6. The second-order valence-electron chi connectivity index (χ2n) is 7.46. The van der Waals surface area contributed by atoms with Crippen molar-refractivity contribution in [2.75, 3.05) is 13.1 Å². The lowest BCUT2D eigenvalue weighted by atomic mass is 9.99. The van der Waals surface area contributed by atoms with E-state index in [1.165, 1.54) is 25.7 Å². The Morgan fingerprint density at radius 1 is 0.821 bits per heavy atom. The summed E-state index contributed by atoms with van der Waals surface area (Å²) in [5.74, 6) is -0.0477. The molecule has 0 aromatic carbocycles. The highest BCUT2D eigenvalue weighted by Crippen LogP contribution is 2.13. The maximum atomic E-state index is 12.0. The van der Waals surface area contributed by atoms with Crippen molar-refractivity contribution in [1.82, 2.24) is 16.0 Å². The Morgan fingerprint density at radius 3 is 2.07 bits per heavy atom. The number of Topliss-reactive ketones (excluding diaryl/α,β-unsaturated/α-hetero) is 1. The first-order valence-electron chi connectivity index (χ1n) is 10.9. The molecule has 0 aliphatic rings. The molecule has 0 saturated heterocycles. The molecule has 0 bridgehead atoms. The van der Waals surface area contributed by atoms with Crippen molar-refractivity contribution in [2.24, 2.45) is 0 Å². The third-order valence-corrected chi connectivity index (χ3v) is 4.85. The van der Waals surface area contributed by atoms with Gasteiger partial charge in [0.15, 0.2) is 0 Å². The summed E-state index contributed by atoms with van der Waals surface area (Å²) >= 11 is 0. The van der Waals surface area contributed by atoms with Crippen LogP contribution in [0.2, 0.25) is 0 Å². The molecule has 0 aromatic heterocycles. The van der Waals surface area contributed by atoms with E-state index in [0.29, 0.717) is 12.6 Å². The zero-order valence-corrected chi connectivity index (χ0v) is 17.9. The Hall–Kier alpha value is -1.50. The van der Waals surface area contributed by atoms with Gasteiger partial charge in [-0.25, -0.2) is 4.79 Å². The number of ketones is 1. The maximum Gasteiger partial charge on any atom is 0.397 e. The first kappa shape index (κ1) is 26.5. The molecule has 0 spiro atoms. The molecule has 0 radical (unpaired) electrons. The predicted molar refractivity (Wildman–Crippen MR) is 111 cm³/mol. The van der Waals surface area contributed by atoms with Gasteiger partial charge in [-0.1, -0.05) is 46.0 Å². The molecule has 164 valence electrons. The first-order valence-corrected chi connectivity index (χ1v) is 10.9. The third-order valence-electron chi connectivity index (χ3n) is 4.85. The highest BCUT2D eigenvalue weighted by molar-refractivity contribution is 5.81. The van der Waals surface area contributed by atoms with Crippen LogP contribution in [-0.2, 0) is 9.59 Å². The lowest BCUT2D eigenvalue weighted by molar-refractivity contribution is -0.121. The maximum absolute atomic E-state index is 12.0. The summed E-state index contributed by atoms with van der Waals surface area (Å²) in [5, 5.41) is 8.26. The number of nitrogens with one attached hydrogen (secondary N) is 3. The van der Waals surface area contributed by atoms with Gasteiger partial charge in [0.05, 0.1) is 6.04 Å². The summed E-state index contributed by atoms with van der Waals surface area (Å²) in [6.07, 6.45) is 8.99. The lowest BCUT2D eigenvalue weighted by Gasteiger charge is -2.24. The van der Waals surface area contributed by atoms with Gasteiger partial charge in [-0.2, -0.15) is 0 Å². The molecule has 0 aromatic rings. The summed E-state index contributed by atoms with van der Waals surface area (Å²) in [4.78, 5) is 33.7. The Morgan fingerprint density at radius 2 is 1.46 bits per heavy atom. The highest BCUT2D eigenvalue weighted by Gasteiger charge is 2.18. The van der Waals surface area contributed by atoms with Gasteiger partial charge >= 0.3 is 6.16 Å². The van der Waals surface area contributed by atoms with Crippen molar-refractivity contribution >= 4 is 17.9 Å². The summed E-state index contributed by atoms with van der Waals surface area (Å²) < 4.78 is 12.0. The van der Waals surface area contributed by atoms with Crippen molar-refractivity contribution in [3.8, 4) is 0 Å². The van der Waals surface area contributed by atoms with E-state index in [2.05, 4.69) is 24.5 Å². The smallest absolute Gasteiger partial charge is 0.356 e. The Bertz CT molecular complexity index is 447. The molecule has 3 N–H and O–H groups in total. The fourth-order valence-corrected chi connectivity index (χ4v) is 3.15. The summed E-state index contributed by atoms with van der Waals surface area (Å²) in [5.41, 5.74) is 0. The van der Waals surface area contributed by atoms with Crippen LogP contribution >= 0.6 is 0 Å². The quantitative estimate of drug-likeness (QED) is 0.184. The Balaban J connectivity index is 4.15. The number of unbranched alkanes of at least 4 members (excludes halogenated alkanes) is 4. The molecule has 2 atom stereocenters. The molecule has 0 aliphatic carbocycles. The number of carbonyl (C=O) groups is 3. The second kappa shape index (κ2) is 17.6. The number of hydrogen-bond acceptors (Lipinski definition) is 4. The van der Waals surface area contributed by atoms with E-state index in [-0.39, 0.29) is 30.7 Å². The standard InChI is InChI=1S/C21H40FN3O3/c1-4-6-8-12-18(11-7-5-2)25-19(17(3)26)13-9-10-15-23-20(27)14-16-24-21(22)28/h18-19,25H,4-16H2,1-3H3,(H,23,27)(H,24,28)/t18?,19-/m0/s1. The first-order chi connectivity index (χ1) is 13.4. The molecule has 0 fully saturated rings. The van der Waals surface area contributed by atoms with Crippen LogP contribution in [-0.4, -0.2) is 43.0 Å². The number of rotatable bonds is 18. The van der Waals surface area contributed by atoms with Crippen LogP contribution < -0.4 is 16.0 Å². The van der Waals surface area contributed by atoms with E-state index >= 15 is 0 Å². The minimum absolute atomic E-state index is 0.00528. The molecule has 28 heavy (non-hydrogen) atoms. The SMILES string of the molecule is CCCCCC(CCCC)N[C@@H](CCCCNC(=O)CCNC(=O)F)C(C)=O. The fourth-order valence-electron chi connectivity index (χ4n) is 3.15. The predicted octanol–water partition coefficient (Wildman–Crippen LogP) is 4.03. The van der Waals surface area contributed by atoms with E-state index < -0.39 is 6.16 Å². The monoisotopic (exact) mass is 401 g/mol. The second-order valence-corrected chi connectivity index (χ2v) is 7.46. The summed E-state index contributed by atoms with van der Waals surface area (Å²) in [7, 11) is 0. The molecule has 1 unspecified atom stereocenters. The molecule has 0 saturated carbocycles. The normalized spacial score (nSPS) is 13.0. The van der Waals surface area contributed by atoms with Crippen LogP contribution in [0.3, 0.4) is 0 Å². The topological polar surface area (TPSA) is 87.3 Å². The van der Waals surface area contributed by atoms with Gasteiger partial charge in [0.2, 0.25) is 5.91 Å². The van der Waals surface area contributed by atoms with Gasteiger partial charge in [-0.3, -0.25) is 9.59 Å². The summed E-state index contributed by atoms with van der Waals surface area (Å²) in [6.45, 7) is 6.53. The zero-order valence-electron chi connectivity index (χ0n) is 17.9. The molecular formula is C21H40FN3O3. The molecular weight excluding hydrogens is 361 g/mol. The molecule has 6 nitrogen and oxygen atoms in total. The molecule has 7 heteroatoms. The van der Waals surface area contributed by atoms with Gasteiger partial charge in [-0.15, -0.1) is 4.39 Å². The largest absolute Gasteiger partial charge is 0.397 e. The third kappa shape index (κ3) is 15.5. The van der Waals surface area contributed by atoms with Crippen LogP contribution in [0.5, 0.6) is 0 Å². The van der Waals surface area contributed by atoms with Gasteiger partial charge in [-0.05, 0) is 39.0 Å². The number of carbonyl (C=O) groups excluding carboxylic acids is 3. The molecule has 0 aliphatic heterocycles. The number of amides is 2. The minimum atomic E-state index is -1.62. The van der Waals surface area contributed by atoms with E-state index in [1.807, 2.05) is 5.32 Å². The minimum Gasteiger partial charge on any atom is -0.356 e. The molecule has 0 rings (SSSR count). The van der Waals surface area contributed by atoms with Gasteiger partial charge < -0.3 is 16.0 Å². The van der Waals surface area contributed by atoms with E-state index in [0.717, 1.165) is 38.5 Å². The van der Waals surface area contributed by atoms with Crippen LogP contribution in [0.1, 0.15) is 91.4 Å². The number of hydrogen-bond donors (Lipinski definition) is 3. The van der Waals surface area contributed by atoms with Crippen LogP contribution in [0.4, 0.5) is 9.18 Å². The van der Waals surface area contributed by atoms with Crippen LogP contribution in [0.15, 0.2) is 0 Å². The van der Waals surface area contributed by atoms with Crippen molar-refractivity contribution in [1.29, 1.82) is 0 Å². The average molecular weight is 402 g/mol. The van der Waals surface area contributed by atoms with E-state index in [4.69, 9.17) is 0 Å². The van der Waals surface area contributed by atoms with Crippen molar-refractivity contribution < 1.29 is 18.8 Å². The zero-order chi connectivity index (χ0) is 21.2. The van der Waals surface area contributed by atoms with Crippen LogP contribution in [0, 0.1) is 0 Å². The van der Waals surface area contributed by atoms with Crippen molar-refractivity contribution in [3.63, 3.8) is 0 Å². The fraction of sp³-hybridized carbons (Fsp3) is 0.857. The average Bonchev–Trinajstić information content (AvgIpc) is 2.64.